The fraction of sp³-hybridized carbons (Fsp3) is 0.308. The summed E-state index contributed by atoms with van der Waals surface area (Å²) in [4.78, 5) is 11.3. The topological polar surface area (TPSA) is 29.1 Å². The Labute approximate surface area is 100 Å². The fourth-order valence-corrected chi connectivity index (χ4v) is 2.06. The van der Waals surface area contributed by atoms with Gasteiger partial charge in [-0.3, -0.25) is 4.79 Å². The molecule has 2 nitrogen and oxygen atoms in total. The third kappa shape index (κ3) is 2.64. The maximum atomic E-state index is 11.3. The van der Waals surface area contributed by atoms with Crippen LogP contribution in [0.4, 0.5) is 0 Å². The summed E-state index contributed by atoms with van der Waals surface area (Å²) in [5.41, 5.74) is 1.10. The van der Waals surface area contributed by atoms with Crippen LogP contribution in [-0.4, -0.2) is 11.4 Å². The molecule has 0 bridgehead atoms. The Bertz CT molecular complexity index is 424. The molecule has 1 aromatic carbocycles. The molecule has 16 heavy (non-hydrogen) atoms. The molecule has 1 aliphatic rings. The molecule has 0 saturated heterocycles. The van der Waals surface area contributed by atoms with Gasteiger partial charge in [-0.2, -0.15) is 0 Å². The summed E-state index contributed by atoms with van der Waals surface area (Å²) >= 11 is 5.92. The molecule has 1 N–H and O–H groups in total. The Kier molecular flexibility index (Phi) is 3.01. The van der Waals surface area contributed by atoms with E-state index in [4.69, 9.17) is 11.6 Å². The molecular weight excluding hydrogens is 222 g/mol. The summed E-state index contributed by atoms with van der Waals surface area (Å²) in [6, 6.07) is 7.77. The zero-order chi connectivity index (χ0) is 11.6. The quantitative estimate of drug-likeness (QED) is 0.799. The van der Waals surface area contributed by atoms with Crippen molar-refractivity contribution in [1.82, 2.24) is 5.32 Å². The zero-order valence-electron chi connectivity index (χ0n) is 9.00. The van der Waals surface area contributed by atoms with Crippen molar-refractivity contribution in [2.75, 3.05) is 0 Å². The van der Waals surface area contributed by atoms with Crippen LogP contribution < -0.4 is 5.32 Å². The molecule has 84 valence electrons. The van der Waals surface area contributed by atoms with Gasteiger partial charge >= 0.3 is 0 Å². The number of carbonyl (C=O) groups excluding carboxylic acids is 1. The van der Waals surface area contributed by atoms with Gasteiger partial charge in [0.1, 0.15) is 0 Å². The van der Waals surface area contributed by atoms with E-state index in [1.165, 1.54) is 6.08 Å². The molecule has 0 radical (unpaired) electrons. The standard InChI is InChI=1S/C13H14ClNO/c1-2-12(16)15-13(6-7-13)9-10-4-3-5-11(14)8-10/h2-5,8H,1,6-7,9H2,(H,15,16). The minimum Gasteiger partial charge on any atom is -0.347 e. The van der Waals surface area contributed by atoms with E-state index in [0.29, 0.717) is 0 Å². The first-order chi connectivity index (χ1) is 7.63. The van der Waals surface area contributed by atoms with Crippen LogP contribution in [0.1, 0.15) is 18.4 Å². The molecule has 1 saturated carbocycles. The van der Waals surface area contributed by atoms with E-state index in [1.54, 1.807) is 0 Å². The van der Waals surface area contributed by atoms with Crippen LogP contribution in [0.25, 0.3) is 0 Å². The maximum absolute atomic E-state index is 11.3. The Balaban J connectivity index is 2.04. The first kappa shape index (κ1) is 11.2. The van der Waals surface area contributed by atoms with E-state index >= 15 is 0 Å². The summed E-state index contributed by atoms with van der Waals surface area (Å²) in [5, 5.41) is 3.72. The summed E-state index contributed by atoms with van der Waals surface area (Å²) in [5.74, 6) is -0.0977. The highest BCUT2D eigenvalue weighted by atomic mass is 35.5. The molecule has 0 spiro atoms. The molecule has 1 aliphatic carbocycles. The van der Waals surface area contributed by atoms with Crippen molar-refractivity contribution in [2.24, 2.45) is 0 Å². The van der Waals surface area contributed by atoms with E-state index in [0.717, 1.165) is 29.8 Å². The third-order valence-corrected chi connectivity index (χ3v) is 3.09. The van der Waals surface area contributed by atoms with E-state index in [-0.39, 0.29) is 11.4 Å². The number of benzene rings is 1. The summed E-state index contributed by atoms with van der Waals surface area (Å²) < 4.78 is 0. The number of nitrogens with one attached hydrogen (secondary N) is 1. The number of halogens is 1. The Morgan fingerprint density at radius 2 is 2.31 bits per heavy atom. The van der Waals surface area contributed by atoms with Crippen LogP contribution in [0.3, 0.4) is 0 Å². The monoisotopic (exact) mass is 235 g/mol. The van der Waals surface area contributed by atoms with Crippen molar-refractivity contribution in [1.29, 1.82) is 0 Å². The van der Waals surface area contributed by atoms with Gasteiger partial charge in [-0.25, -0.2) is 0 Å². The predicted molar refractivity (Wildman–Crippen MR) is 65.5 cm³/mol. The summed E-state index contributed by atoms with van der Waals surface area (Å²) in [6.45, 7) is 3.46. The maximum Gasteiger partial charge on any atom is 0.243 e. The van der Waals surface area contributed by atoms with Crippen LogP contribution in [0.5, 0.6) is 0 Å². The Morgan fingerprint density at radius 3 is 2.88 bits per heavy atom. The number of carbonyl (C=O) groups is 1. The largest absolute Gasteiger partial charge is 0.347 e. The third-order valence-electron chi connectivity index (χ3n) is 2.86. The van der Waals surface area contributed by atoms with Crippen LogP contribution >= 0.6 is 11.6 Å². The van der Waals surface area contributed by atoms with Crippen molar-refractivity contribution in [3.63, 3.8) is 0 Å². The summed E-state index contributed by atoms with van der Waals surface area (Å²) in [7, 11) is 0. The molecule has 0 atom stereocenters. The fourth-order valence-electron chi connectivity index (χ4n) is 1.85. The Morgan fingerprint density at radius 1 is 1.56 bits per heavy atom. The first-order valence-corrected chi connectivity index (χ1v) is 5.70. The molecule has 3 heteroatoms. The van der Waals surface area contributed by atoms with Crippen LogP contribution in [0, 0.1) is 0 Å². The van der Waals surface area contributed by atoms with Crippen molar-refractivity contribution in [3.8, 4) is 0 Å². The second kappa shape index (κ2) is 4.30. The first-order valence-electron chi connectivity index (χ1n) is 5.33. The number of amides is 1. The van der Waals surface area contributed by atoms with Crippen molar-refractivity contribution in [2.45, 2.75) is 24.8 Å². The molecule has 1 aromatic rings. The lowest BCUT2D eigenvalue weighted by Crippen LogP contribution is -2.37. The summed E-state index contributed by atoms with van der Waals surface area (Å²) in [6.07, 6.45) is 4.21. The normalized spacial score (nSPS) is 16.6. The van der Waals surface area contributed by atoms with Crippen molar-refractivity contribution >= 4 is 17.5 Å². The van der Waals surface area contributed by atoms with E-state index in [1.807, 2.05) is 24.3 Å². The predicted octanol–water partition coefficient (Wildman–Crippen LogP) is 2.72. The molecule has 0 unspecified atom stereocenters. The molecule has 0 aliphatic heterocycles. The van der Waals surface area contributed by atoms with Crippen molar-refractivity contribution < 1.29 is 4.79 Å². The van der Waals surface area contributed by atoms with Crippen LogP contribution in [-0.2, 0) is 11.2 Å². The van der Waals surface area contributed by atoms with Gasteiger partial charge < -0.3 is 5.32 Å². The number of hydrogen-bond acceptors (Lipinski definition) is 1. The number of hydrogen-bond donors (Lipinski definition) is 1. The lowest BCUT2D eigenvalue weighted by molar-refractivity contribution is -0.117. The SMILES string of the molecule is C=CC(=O)NC1(Cc2cccc(Cl)c2)CC1. The highest BCUT2D eigenvalue weighted by Crippen LogP contribution is 2.38. The second-order valence-electron chi connectivity index (χ2n) is 4.28. The highest BCUT2D eigenvalue weighted by Gasteiger charge is 2.43. The van der Waals surface area contributed by atoms with Crippen molar-refractivity contribution in [3.05, 3.63) is 47.5 Å². The molecule has 2 rings (SSSR count). The second-order valence-corrected chi connectivity index (χ2v) is 4.72. The Hall–Kier alpha value is -1.28. The average molecular weight is 236 g/mol. The van der Waals surface area contributed by atoms with Gasteiger partial charge in [-0.1, -0.05) is 30.3 Å². The average Bonchev–Trinajstić information content (AvgIpc) is 2.97. The number of rotatable bonds is 4. The minimum absolute atomic E-state index is 0.0596. The highest BCUT2D eigenvalue weighted by molar-refractivity contribution is 6.30. The van der Waals surface area contributed by atoms with E-state index in [9.17, 15) is 4.79 Å². The van der Waals surface area contributed by atoms with Crippen LogP contribution in [0.15, 0.2) is 36.9 Å². The van der Waals surface area contributed by atoms with E-state index in [2.05, 4.69) is 11.9 Å². The molecule has 0 heterocycles. The van der Waals surface area contributed by atoms with Gasteiger partial charge in [-0.15, -0.1) is 0 Å². The van der Waals surface area contributed by atoms with Gasteiger partial charge in [0.2, 0.25) is 5.91 Å². The smallest absolute Gasteiger partial charge is 0.243 e. The lowest BCUT2D eigenvalue weighted by Gasteiger charge is -2.16. The molecule has 1 fully saturated rings. The van der Waals surface area contributed by atoms with Gasteiger partial charge in [0.15, 0.2) is 0 Å². The van der Waals surface area contributed by atoms with Gasteiger partial charge in [0, 0.05) is 10.6 Å². The lowest BCUT2D eigenvalue weighted by atomic mass is 10.0. The van der Waals surface area contributed by atoms with Gasteiger partial charge in [0.25, 0.3) is 0 Å². The van der Waals surface area contributed by atoms with Crippen LogP contribution in [0.2, 0.25) is 5.02 Å². The van der Waals surface area contributed by atoms with Gasteiger partial charge in [0.05, 0.1) is 0 Å². The molecular formula is C13H14ClNO. The molecule has 1 amide bonds. The minimum atomic E-state index is -0.0977. The van der Waals surface area contributed by atoms with E-state index < -0.39 is 0 Å². The zero-order valence-corrected chi connectivity index (χ0v) is 9.76. The molecule has 0 aromatic heterocycles. The van der Waals surface area contributed by atoms with Gasteiger partial charge in [-0.05, 0) is 43.0 Å².